The SMILES string of the molecule is CCCSc1[nH]c(=O)c([N+](=O)[O-])c(O)c1CC. The van der Waals surface area contributed by atoms with Gasteiger partial charge < -0.3 is 10.1 Å². The first-order chi connectivity index (χ1) is 8.02. The van der Waals surface area contributed by atoms with E-state index in [1.54, 1.807) is 6.92 Å². The van der Waals surface area contributed by atoms with Gasteiger partial charge in [-0.3, -0.25) is 14.9 Å². The van der Waals surface area contributed by atoms with Gasteiger partial charge in [0.2, 0.25) is 5.75 Å². The highest BCUT2D eigenvalue weighted by molar-refractivity contribution is 7.99. The molecular weight excluding hydrogens is 244 g/mol. The van der Waals surface area contributed by atoms with Gasteiger partial charge in [-0.1, -0.05) is 13.8 Å². The molecule has 0 aliphatic rings. The van der Waals surface area contributed by atoms with Crippen LogP contribution in [0.25, 0.3) is 0 Å². The van der Waals surface area contributed by atoms with Gasteiger partial charge in [0.05, 0.1) is 9.95 Å². The summed E-state index contributed by atoms with van der Waals surface area (Å²) in [5, 5.41) is 20.9. The quantitative estimate of drug-likeness (QED) is 0.478. The Balaban J connectivity index is 3.36. The molecule has 1 aromatic heterocycles. The van der Waals surface area contributed by atoms with Crippen LogP contribution in [-0.2, 0) is 6.42 Å². The van der Waals surface area contributed by atoms with E-state index in [0.29, 0.717) is 17.0 Å². The molecule has 1 heterocycles. The zero-order valence-electron chi connectivity index (χ0n) is 9.65. The Morgan fingerprint density at radius 2 is 2.12 bits per heavy atom. The van der Waals surface area contributed by atoms with E-state index in [9.17, 15) is 20.0 Å². The Kier molecular flexibility index (Phi) is 4.56. The first-order valence-corrected chi connectivity index (χ1v) is 6.26. The topological polar surface area (TPSA) is 96.2 Å². The number of H-pyrrole nitrogens is 1. The lowest BCUT2D eigenvalue weighted by Crippen LogP contribution is -2.14. The van der Waals surface area contributed by atoms with Crippen molar-refractivity contribution in [3.8, 4) is 5.75 Å². The maximum atomic E-state index is 11.5. The van der Waals surface area contributed by atoms with Crippen molar-refractivity contribution in [2.75, 3.05) is 5.75 Å². The number of aromatic hydroxyl groups is 1. The Labute approximate surface area is 102 Å². The largest absolute Gasteiger partial charge is 0.502 e. The zero-order chi connectivity index (χ0) is 13.0. The molecule has 0 amide bonds. The van der Waals surface area contributed by atoms with Gasteiger partial charge in [-0.25, -0.2) is 0 Å². The van der Waals surface area contributed by atoms with Crippen LogP contribution in [-0.4, -0.2) is 20.8 Å². The van der Waals surface area contributed by atoms with E-state index in [1.165, 1.54) is 11.8 Å². The minimum absolute atomic E-state index is 0.426. The summed E-state index contributed by atoms with van der Waals surface area (Å²) in [4.78, 5) is 23.7. The summed E-state index contributed by atoms with van der Waals surface area (Å²) in [7, 11) is 0. The number of thioether (sulfide) groups is 1. The monoisotopic (exact) mass is 258 g/mol. The predicted molar refractivity (Wildman–Crippen MR) is 65.8 cm³/mol. The maximum absolute atomic E-state index is 11.5. The number of hydrogen-bond donors (Lipinski definition) is 2. The molecule has 17 heavy (non-hydrogen) atoms. The van der Waals surface area contributed by atoms with Crippen LogP contribution >= 0.6 is 11.8 Å². The molecule has 0 bridgehead atoms. The summed E-state index contributed by atoms with van der Waals surface area (Å²) in [6, 6.07) is 0. The second kappa shape index (κ2) is 5.72. The number of pyridine rings is 1. The van der Waals surface area contributed by atoms with Gasteiger partial charge in [0.25, 0.3) is 0 Å². The number of nitro groups is 1. The summed E-state index contributed by atoms with van der Waals surface area (Å²) >= 11 is 1.38. The number of hydrogen-bond acceptors (Lipinski definition) is 5. The van der Waals surface area contributed by atoms with E-state index in [4.69, 9.17) is 0 Å². The van der Waals surface area contributed by atoms with Gasteiger partial charge in [0.15, 0.2) is 0 Å². The van der Waals surface area contributed by atoms with E-state index in [-0.39, 0.29) is 0 Å². The lowest BCUT2D eigenvalue weighted by molar-refractivity contribution is -0.387. The summed E-state index contributed by atoms with van der Waals surface area (Å²) in [6.07, 6.45) is 1.34. The standard InChI is InChI=1S/C10H14N2O4S/c1-3-5-17-10-6(4-2)8(13)7(12(15)16)9(14)11-10/h3-5H2,1-2H3,(H2,11,13,14). The lowest BCUT2D eigenvalue weighted by Gasteiger charge is -2.08. The van der Waals surface area contributed by atoms with Gasteiger partial charge in [0, 0.05) is 5.56 Å². The van der Waals surface area contributed by atoms with Gasteiger partial charge in [-0.2, -0.15) is 0 Å². The molecule has 0 saturated carbocycles. The molecule has 0 fully saturated rings. The minimum atomic E-state index is -0.860. The number of rotatable bonds is 5. The average molecular weight is 258 g/mol. The van der Waals surface area contributed by atoms with E-state index in [0.717, 1.165) is 12.2 Å². The molecule has 0 unspecified atom stereocenters. The molecule has 6 nitrogen and oxygen atoms in total. The maximum Gasteiger partial charge on any atom is 0.375 e. The molecule has 0 spiro atoms. The Morgan fingerprint density at radius 3 is 2.59 bits per heavy atom. The molecule has 0 aromatic carbocycles. The molecule has 0 radical (unpaired) electrons. The molecule has 0 atom stereocenters. The fourth-order valence-electron chi connectivity index (χ4n) is 1.42. The Hall–Kier alpha value is -1.50. The average Bonchev–Trinajstić information content (AvgIpc) is 2.25. The third-order valence-corrected chi connectivity index (χ3v) is 3.46. The van der Waals surface area contributed by atoms with E-state index >= 15 is 0 Å². The van der Waals surface area contributed by atoms with Crippen molar-refractivity contribution in [2.24, 2.45) is 0 Å². The van der Waals surface area contributed by atoms with Crippen molar-refractivity contribution < 1.29 is 10.0 Å². The van der Waals surface area contributed by atoms with E-state index in [1.807, 2.05) is 6.92 Å². The van der Waals surface area contributed by atoms with Crippen LogP contribution in [0.15, 0.2) is 9.82 Å². The molecule has 0 saturated heterocycles. The van der Waals surface area contributed by atoms with E-state index < -0.39 is 21.9 Å². The number of aromatic nitrogens is 1. The number of nitrogens with one attached hydrogen (secondary N) is 1. The second-order valence-electron chi connectivity index (χ2n) is 3.42. The first-order valence-electron chi connectivity index (χ1n) is 5.28. The van der Waals surface area contributed by atoms with Gasteiger partial charge in [-0.05, 0) is 18.6 Å². The van der Waals surface area contributed by atoms with Crippen LogP contribution in [0.4, 0.5) is 5.69 Å². The van der Waals surface area contributed by atoms with Crippen LogP contribution in [0.2, 0.25) is 0 Å². The van der Waals surface area contributed by atoms with E-state index in [2.05, 4.69) is 4.98 Å². The van der Waals surface area contributed by atoms with Crippen LogP contribution < -0.4 is 5.56 Å². The van der Waals surface area contributed by atoms with Crippen molar-refractivity contribution in [1.82, 2.24) is 4.98 Å². The molecule has 1 aromatic rings. The van der Waals surface area contributed by atoms with Crippen LogP contribution in [0.1, 0.15) is 25.8 Å². The summed E-state index contributed by atoms with van der Waals surface area (Å²) in [5.74, 6) is 0.264. The third kappa shape index (κ3) is 2.79. The molecular formula is C10H14N2O4S. The molecule has 0 aliphatic carbocycles. The molecule has 2 N–H and O–H groups in total. The van der Waals surface area contributed by atoms with Gasteiger partial charge in [0.1, 0.15) is 0 Å². The van der Waals surface area contributed by atoms with Crippen LogP contribution in [0.3, 0.4) is 0 Å². The highest BCUT2D eigenvalue weighted by atomic mass is 32.2. The Bertz CT molecular complexity index is 484. The highest BCUT2D eigenvalue weighted by Gasteiger charge is 2.24. The fourth-order valence-corrected chi connectivity index (χ4v) is 2.41. The Morgan fingerprint density at radius 1 is 1.47 bits per heavy atom. The van der Waals surface area contributed by atoms with Crippen molar-refractivity contribution in [2.45, 2.75) is 31.7 Å². The molecule has 94 valence electrons. The first kappa shape index (κ1) is 13.6. The smallest absolute Gasteiger partial charge is 0.375 e. The lowest BCUT2D eigenvalue weighted by atomic mass is 10.2. The highest BCUT2D eigenvalue weighted by Crippen LogP contribution is 2.32. The minimum Gasteiger partial charge on any atom is -0.502 e. The van der Waals surface area contributed by atoms with Crippen molar-refractivity contribution in [3.05, 3.63) is 26.0 Å². The predicted octanol–water partition coefficient (Wildman–Crippen LogP) is 2.05. The van der Waals surface area contributed by atoms with Crippen molar-refractivity contribution >= 4 is 17.4 Å². The number of aromatic amines is 1. The van der Waals surface area contributed by atoms with Crippen molar-refractivity contribution in [1.29, 1.82) is 0 Å². The zero-order valence-corrected chi connectivity index (χ0v) is 10.5. The third-order valence-electron chi connectivity index (χ3n) is 2.21. The summed E-state index contributed by atoms with van der Waals surface area (Å²) in [5.41, 5.74) is -1.21. The fraction of sp³-hybridized carbons (Fsp3) is 0.500. The summed E-state index contributed by atoms with van der Waals surface area (Å²) < 4.78 is 0. The van der Waals surface area contributed by atoms with Gasteiger partial charge >= 0.3 is 11.2 Å². The summed E-state index contributed by atoms with van der Waals surface area (Å²) in [6.45, 7) is 3.76. The molecule has 0 aliphatic heterocycles. The van der Waals surface area contributed by atoms with Crippen LogP contribution in [0.5, 0.6) is 5.75 Å². The molecule has 7 heteroatoms. The molecule has 1 rings (SSSR count). The van der Waals surface area contributed by atoms with Crippen molar-refractivity contribution in [3.63, 3.8) is 0 Å². The second-order valence-corrected chi connectivity index (χ2v) is 4.52. The normalized spacial score (nSPS) is 10.5. The number of nitrogens with zero attached hydrogens (tertiary/aromatic N) is 1. The van der Waals surface area contributed by atoms with Gasteiger partial charge in [-0.15, -0.1) is 11.8 Å². The van der Waals surface area contributed by atoms with Crippen LogP contribution in [0, 0.1) is 10.1 Å².